The lowest BCUT2D eigenvalue weighted by atomic mass is 9.73. The van der Waals surface area contributed by atoms with Gasteiger partial charge in [-0.1, -0.05) is 55.9 Å². The third-order valence-electron chi connectivity index (χ3n) is 8.29. The predicted octanol–water partition coefficient (Wildman–Crippen LogP) is 5.39. The molecule has 0 bridgehead atoms. The lowest BCUT2D eigenvalue weighted by Crippen LogP contribution is -2.41. The first-order valence-corrected chi connectivity index (χ1v) is 12.9. The second-order valence-corrected chi connectivity index (χ2v) is 10.6. The Hall–Kier alpha value is -1.88. The van der Waals surface area contributed by atoms with E-state index in [-0.39, 0.29) is 17.9 Å². The van der Waals surface area contributed by atoms with Crippen LogP contribution in [0.4, 0.5) is 0 Å². The van der Waals surface area contributed by atoms with Gasteiger partial charge in [-0.15, -0.1) is 0 Å². The van der Waals surface area contributed by atoms with Gasteiger partial charge in [-0.25, -0.2) is 4.98 Å². The van der Waals surface area contributed by atoms with Crippen LogP contribution in [-0.2, 0) is 23.2 Å². The zero-order valence-corrected chi connectivity index (χ0v) is 19.8. The van der Waals surface area contributed by atoms with Crippen molar-refractivity contribution >= 4 is 5.97 Å². The molecule has 1 saturated carbocycles. The number of carboxylic acid groups (broad SMARTS) is 1. The van der Waals surface area contributed by atoms with Crippen LogP contribution in [0.25, 0.3) is 0 Å². The average molecular weight is 440 g/mol. The maximum atomic E-state index is 11.3. The number of nitrogens with zero attached hydrogens (tertiary/aromatic N) is 2. The Bertz CT molecular complexity index is 849. The van der Waals surface area contributed by atoms with Gasteiger partial charge in [0.05, 0.1) is 17.6 Å². The van der Waals surface area contributed by atoms with Crippen molar-refractivity contribution in [2.75, 3.05) is 6.54 Å². The van der Waals surface area contributed by atoms with E-state index in [9.17, 15) is 9.90 Å². The molecule has 0 radical (unpaired) electrons. The third kappa shape index (κ3) is 5.19. The molecular weight excluding hydrogens is 398 g/mol. The standard InChI is InChI=1S/C27H41N3O2/c1-27-14-13-21(10-9-20-6-3-2-4-7-20)16-23(27)11-12-25-24(29-19-30(25)27)17-22(8-5-15-28)18-26(31)32/h13-14,16,19-20,22-23H,2-12,15,17-18,28H2,1H3,(H,31,32). The highest BCUT2D eigenvalue weighted by Crippen LogP contribution is 2.43. The van der Waals surface area contributed by atoms with Gasteiger partial charge in [0.1, 0.15) is 0 Å². The van der Waals surface area contributed by atoms with E-state index in [4.69, 9.17) is 10.7 Å². The Labute approximate surface area is 193 Å². The van der Waals surface area contributed by atoms with E-state index in [1.54, 1.807) is 0 Å². The highest BCUT2D eigenvalue weighted by molar-refractivity contribution is 5.67. The molecule has 2 aliphatic carbocycles. The number of aliphatic carboxylic acids is 1. The summed E-state index contributed by atoms with van der Waals surface area (Å²) in [4.78, 5) is 16.1. The van der Waals surface area contributed by atoms with Gasteiger partial charge in [-0.2, -0.15) is 0 Å². The van der Waals surface area contributed by atoms with E-state index < -0.39 is 5.97 Å². The summed E-state index contributed by atoms with van der Waals surface area (Å²) in [5.74, 6) is 0.816. The molecule has 5 heteroatoms. The van der Waals surface area contributed by atoms with Crippen LogP contribution in [0.2, 0.25) is 0 Å². The number of carboxylic acids is 1. The Morgan fingerprint density at radius 3 is 2.88 bits per heavy atom. The Balaban J connectivity index is 1.44. The lowest BCUT2D eigenvalue weighted by molar-refractivity contribution is -0.138. The highest BCUT2D eigenvalue weighted by Gasteiger charge is 2.40. The van der Waals surface area contributed by atoms with Crippen LogP contribution in [0.5, 0.6) is 0 Å². The maximum Gasteiger partial charge on any atom is 0.303 e. The molecule has 2 heterocycles. The lowest BCUT2D eigenvalue weighted by Gasteiger charge is -2.42. The van der Waals surface area contributed by atoms with Crippen molar-refractivity contribution in [3.63, 3.8) is 0 Å². The van der Waals surface area contributed by atoms with Crippen LogP contribution in [0.3, 0.4) is 0 Å². The minimum absolute atomic E-state index is 0.0628. The van der Waals surface area contributed by atoms with Gasteiger partial charge in [0, 0.05) is 18.0 Å². The summed E-state index contributed by atoms with van der Waals surface area (Å²) < 4.78 is 2.38. The maximum absolute atomic E-state index is 11.3. The van der Waals surface area contributed by atoms with E-state index in [0.717, 1.165) is 43.7 Å². The molecule has 1 aromatic rings. The summed E-state index contributed by atoms with van der Waals surface area (Å²) in [6.07, 6.45) is 23.8. The topological polar surface area (TPSA) is 81.1 Å². The van der Waals surface area contributed by atoms with E-state index >= 15 is 0 Å². The average Bonchev–Trinajstić information content (AvgIpc) is 3.20. The fourth-order valence-electron chi connectivity index (χ4n) is 6.29. The van der Waals surface area contributed by atoms with Gasteiger partial charge in [0.15, 0.2) is 0 Å². The minimum atomic E-state index is -0.728. The van der Waals surface area contributed by atoms with E-state index in [0.29, 0.717) is 12.5 Å². The Morgan fingerprint density at radius 1 is 1.31 bits per heavy atom. The molecule has 0 spiro atoms. The number of hydrogen-bond acceptors (Lipinski definition) is 3. The molecule has 32 heavy (non-hydrogen) atoms. The molecule has 176 valence electrons. The van der Waals surface area contributed by atoms with Crippen molar-refractivity contribution in [2.24, 2.45) is 23.5 Å². The monoisotopic (exact) mass is 439 g/mol. The largest absolute Gasteiger partial charge is 0.481 e. The summed E-state index contributed by atoms with van der Waals surface area (Å²) in [7, 11) is 0. The van der Waals surface area contributed by atoms with Gasteiger partial charge in [-0.3, -0.25) is 4.79 Å². The van der Waals surface area contributed by atoms with Crippen LogP contribution in [0.1, 0.15) is 88.9 Å². The first-order chi connectivity index (χ1) is 15.5. The molecule has 3 atom stereocenters. The molecule has 0 aromatic carbocycles. The molecular formula is C27H41N3O2. The molecule has 1 aromatic heterocycles. The third-order valence-corrected chi connectivity index (χ3v) is 8.29. The molecule has 0 saturated heterocycles. The fraction of sp³-hybridized carbons (Fsp3) is 0.704. The SMILES string of the molecule is CC12C=CC(CCC3CCCCC3)=CC1CCc1c(CC(CCCN)CC(=O)O)ncn12. The molecule has 5 nitrogen and oxygen atoms in total. The van der Waals surface area contributed by atoms with Crippen LogP contribution >= 0.6 is 0 Å². The molecule has 0 amide bonds. The zero-order valence-electron chi connectivity index (χ0n) is 19.8. The predicted molar refractivity (Wildman–Crippen MR) is 128 cm³/mol. The van der Waals surface area contributed by atoms with Crippen LogP contribution in [0.15, 0.2) is 30.1 Å². The van der Waals surface area contributed by atoms with Crippen molar-refractivity contribution in [1.29, 1.82) is 0 Å². The minimum Gasteiger partial charge on any atom is -0.481 e. The first kappa shape index (κ1) is 23.3. The fourth-order valence-corrected chi connectivity index (χ4v) is 6.29. The quantitative estimate of drug-likeness (QED) is 0.512. The summed E-state index contributed by atoms with van der Waals surface area (Å²) in [6, 6.07) is 0. The van der Waals surface area contributed by atoms with Gasteiger partial charge in [0.2, 0.25) is 0 Å². The second kappa shape index (κ2) is 10.4. The molecule has 1 fully saturated rings. The van der Waals surface area contributed by atoms with Crippen molar-refractivity contribution in [1.82, 2.24) is 9.55 Å². The van der Waals surface area contributed by atoms with Crippen molar-refractivity contribution in [2.45, 2.75) is 95.9 Å². The number of hydrogen-bond donors (Lipinski definition) is 2. The number of fused-ring (bicyclic) bond motifs is 3. The number of carbonyl (C=O) groups is 1. The molecule has 4 rings (SSSR count). The summed E-state index contributed by atoms with van der Waals surface area (Å²) in [5.41, 5.74) is 9.53. The normalized spacial score (nSPS) is 26.3. The van der Waals surface area contributed by atoms with Crippen molar-refractivity contribution < 1.29 is 9.90 Å². The number of aromatic nitrogens is 2. The van der Waals surface area contributed by atoms with E-state index in [2.05, 4.69) is 29.7 Å². The molecule has 3 unspecified atom stereocenters. The first-order valence-electron chi connectivity index (χ1n) is 12.9. The van der Waals surface area contributed by atoms with Crippen LogP contribution in [-0.4, -0.2) is 27.2 Å². The zero-order chi connectivity index (χ0) is 22.6. The van der Waals surface area contributed by atoms with Crippen LogP contribution in [0, 0.1) is 17.8 Å². The van der Waals surface area contributed by atoms with Crippen molar-refractivity contribution in [3.8, 4) is 0 Å². The Kier molecular flexibility index (Phi) is 7.55. The smallest absolute Gasteiger partial charge is 0.303 e. The van der Waals surface area contributed by atoms with Crippen molar-refractivity contribution in [3.05, 3.63) is 41.5 Å². The Morgan fingerprint density at radius 2 is 2.12 bits per heavy atom. The number of imidazole rings is 1. The van der Waals surface area contributed by atoms with Gasteiger partial charge >= 0.3 is 5.97 Å². The number of nitrogens with two attached hydrogens (primary N) is 1. The van der Waals surface area contributed by atoms with Crippen LogP contribution < -0.4 is 5.73 Å². The van der Waals surface area contributed by atoms with Gasteiger partial charge in [0.25, 0.3) is 0 Å². The summed E-state index contributed by atoms with van der Waals surface area (Å²) in [5, 5.41) is 9.32. The summed E-state index contributed by atoms with van der Waals surface area (Å²) in [6.45, 7) is 2.94. The second-order valence-electron chi connectivity index (χ2n) is 10.6. The van der Waals surface area contributed by atoms with E-state index in [1.165, 1.54) is 56.2 Å². The van der Waals surface area contributed by atoms with Gasteiger partial charge < -0.3 is 15.4 Å². The molecule has 3 N–H and O–H groups in total. The number of allylic oxidation sites excluding steroid dienone is 4. The molecule has 3 aliphatic rings. The summed E-state index contributed by atoms with van der Waals surface area (Å²) >= 11 is 0. The molecule has 1 aliphatic heterocycles. The van der Waals surface area contributed by atoms with Gasteiger partial charge in [-0.05, 0) is 70.3 Å². The van der Waals surface area contributed by atoms with E-state index in [1.807, 2.05) is 6.33 Å². The highest BCUT2D eigenvalue weighted by atomic mass is 16.4. The number of rotatable bonds is 10.